The van der Waals surface area contributed by atoms with Crippen LogP contribution < -0.4 is 10.6 Å². The zero-order valence-corrected chi connectivity index (χ0v) is 11.8. The zero-order chi connectivity index (χ0) is 14.4. The maximum Gasteiger partial charge on any atom is 0.329 e. The number of aromatic nitrogens is 2. The summed E-state index contributed by atoms with van der Waals surface area (Å²) in [6, 6.07) is 0. The summed E-state index contributed by atoms with van der Waals surface area (Å²) in [6.07, 6.45) is 1.23. The standard InChI is InChI=1S/C12H21N5O2/c1-5-13-12-15-7-10(17(18)19)11(16-12)14-6-9(4)8(2)3/h7-9H,5-6H2,1-4H3,(H2,13,14,15,16). The van der Waals surface area contributed by atoms with Crippen LogP contribution in [0.5, 0.6) is 0 Å². The van der Waals surface area contributed by atoms with Gasteiger partial charge in [0.15, 0.2) is 0 Å². The maximum atomic E-state index is 10.9. The van der Waals surface area contributed by atoms with Crippen molar-refractivity contribution in [1.29, 1.82) is 0 Å². The van der Waals surface area contributed by atoms with Crippen molar-refractivity contribution in [3.63, 3.8) is 0 Å². The summed E-state index contributed by atoms with van der Waals surface area (Å²) < 4.78 is 0. The topological polar surface area (TPSA) is 93.0 Å². The van der Waals surface area contributed by atoms with Crippen LogP contribution in [-0.4, -0.2) is 28.0 Å². The molecule has 0 fully saturated rings. The number of rotatable bonds is 7. The van der Waals surface area contributed by atoms with Crippen molar-refractivity contribution in [3.8, 4) is 0 Å². The summed E-state index contributed by atoms with van der Waals surface area (Å²) in [5.41, 5.74) is -0.0994. The normalized spacial score (nSPS) is 12.3. The van der Waals surface area contributed by atoms with E-state index in [1.807, 2.05) is 6.92 Å². The lowest BCUT2D eigenvalue weighted by molar-refractivity contribution is -0.384. The monoisotopic (exact) mass is 267 g/mol. The van der Waals surface area contributed by atoms with Gasteiger partial charge in [-0.05, 0) is 18.8 Å². The van der Waals surface area contributed by atoms with Crippen molar-refractivity contribution in [3.05, 3.63) is 16.3 Å². The van der Waals surface area contributed by atoms with Crippen LogP contribution in [0.15, 0.2) is 6.20 Å². The molecule has 106 valence electrons. The third-order valence-corrected chi connectivity index (χ3v) is 3.03. The Bertz CT molecular complexity index is 436. The van der Waals surface area contributed by atoms with Crippen molar-refractivity contribution in [2.45, 2.75) is 27.7 Å². The first-order valence-corrected chi connectivity index (χ1v) is 6.44. The highest BCUT2D eigenvalue weighted by Gasteiger charge is 2.18. The minimum atomic E-state index is -0.474. The lowest BCUT2D eigenvalue weighted by Gasteiger charge is -2.16. The SMILES string of the molecule is CCNc1ncc([N+](=O)[O-])c(NCC(C)C(C)C)n1. The molecule has 7 heteroatoms. The molecule has 1 aromatic rings. The van der Waals surface area contributed by atoms with Crippen LogP contribution in [0.2, 0.25) is 0 Å². The Labute approximate surface area is 113 Å². The first-order valence-electron chi connectivity index (χ1n) is 6.44. The summed E-state index contributed by atoms with van der Waals surface area (Å²) in [4.78, 5) is 18.5. The van der Waals surface area contributed by atoms with Gasteiger partial charge in [0.1, 0.15) is 6.20 Å². The van der Waals surface area contributed by atoms with E-state index < -0.39 is 4.92 Å². The molecule has 1 heterocycles. The van der Waals surface area contributed by atoms with E-state index in [0.29, 0.717) is 30.9 Å². The molecule has 0 saturated heterocycles. The van der Waals surface area contributed by atoms with E-state index >= 15 is 0 Å². The molecule has 0 spiro atoms. The van der Waals surface area contributed by atoms with E-state index in [9.17, 15) is 10.1 Å². The Balaban J connectivity index is 2.88. The Morgan fingerprint density at radius 3 is 2.58 bits per heavy atom. The van der Waals surface area contributed by atoms with Crippen LogP contribution in [0.1, 0.15) is 27.7 Å². The number of nitrogens with zero attached hydrogens (tertiary/aromatic N) is 3. The van der Waals surface area contributed by atoms with Gasteiger partial charge in [-0.2, -0.15) is 4.98 Å². The van der Waals surface area contributed by atoms with E-state index in [2.05, 4.69) is 41.4 Å². The van der Waals surface area contributed by atoms with E-state index in [4.69, 9.17) is 0 Å². The van der Waals surface area contributed by atoms with Crippen LogP contribution in [0.4, 0.5) is 17.5 Å². The van der Waals surface area contributed by atoms with Gasteiger partial charge in [0, 0.05) is 13.1 Å². The van der Waals surface area contributed by atoms with Crippen molar-refractivity contribution >= 4 is 17.5 Å². The van der Waals surface area contributed by atoms with Gasteiger partial charge < -0.3 is 10.6 Å². The van der Waals surface area contributed by atoms with Crippen LogP contribution in [0.25, 0.3) is 0 Å². The van der Waals surface area contributed by atoms with Crippen molar-refractivity contribution in [2.75, 3.05) is 23.7 Å². The maximum absolute atomic E-state index is 10.9. The van der Waals surface area contributed by atoms with Crippen molar-refractivity contribution < 1.29 is 4.92 Å². The fraction of sp³-hybridized carbons (Fsp3) is 0.667. The molecule has 0 aromatic carbocycles. The van der Waals surface area contributed by atoms with Crippen LogP contribution >= 0.6 is 0 Å². The second-order valence-corrected chi connectivity index (χ2v) is 4.82. The molecule has 1 atom stereocenters. The zero-order valence-electron chi connectivity index (χ0n) is 11.8. The molecule has 19 heavy (non-hydrogen) atoms. The lowest BCUT2D eigenvalue weighted by Crippen LogP contribution is -2.18. The first kappa shape index (κ1) is 15.1. The number of hydrogen-bond donors (Lipinski definition) is 2. The largest absolute Gasteiger partial charge is 0.364 e. The van der Waals surface area contributed by atoms with E-state index in [1.165, 1.54) is 6.20 Å². The lowest BCUT2D eigenvalue weighted by atomic mass is 9.98. The van der Waals surface area contributed by atoms with Gasteiger partial charge in [-0.25, -0.2) is 4.98 Å². The Hall–Kier alpha value is -1.92. The summed E-state index contributed by atoms with van der Waals surface area (Å²) >= 11 is 0. The fourth-order valence-electron chi connectivity index (χ4n) is 1.38. The van der Waals surface area contributed by atoms with Gasteiger partial charge in [-0.15, -0.1) is 0 Å². The predicted molar refractivity (Wildman–Crippen MR) is 75.3 cm³/mol. The smallest absolute Gasteiger partial charge is 0.329 e. The Morgan fingerprint density at radius 2 is 2.05 bits per heavy atom. The fourth-order valence-corrected chi connectivity index (χ4v) is 1.38. The van der Waals surface area contributed by atoms with E-state index in [1.54, 1.807) is 0 Å². The highest BCUT2D eigenvalue weighted by molar-refractivity contribution is 5.56. The molecule has 1 aromatic heterocycles. The highest BCUT2D eigenvalue weighted by atomic mass is 16.6. The van der Waals surface area contributed by atoms with Gasteiger partial charge in [0.2, 0.25) is 11.8 Å². The molecule has 7 nitrogen and oxygen atoms in total. The third-order valence-electron chi connectivity index (χ3n) is 3.03. The summed E-state index contributed by atoms with van der Waals surface area (Å²) in [5.74, 6) is 1.56. The first-order chi connectivity index (χ1) is 8.95. The molecule has 0 aliphatic heterocycles. The molecular weight excluding hydrogens is 246 g/mol. The third kappa shape index (κ3) is 4.35. The molecular formula is C12H21N5O2. The minimum absolute atomic E-state index is 0.0994. The number of anilines is 2. The van der Waals surface area contributed by atoms with Gasteiger partial charge in [-0.1, -0.05) is 20.8 Å². The van der Waals surface area contributed by atoms with Crippen molar-refractivity contribution in [2.24, 2.45) is 11.8 Å². The Kier molecular flexibility index (Phi) is 5.47. The molecule has 0 saturated carbocycles. The quantitative estimate of drug-likeness (QED) is 0.582. The van der Waals surface area contributed by atoms with Gasteiger partial charge in [-0.3, -0.25) is 10.1 Å². The molecule has 0 amide bonds. The Morgan fingerprint density at radius 1 is 1.37 bits per heavy atom. The van der Waals surface area contributed by atoms with Crippen LogP contribution in [0, 0.1) is 22.0 Å². The van der Waals surface area contributed by atoms with Crippen LogP contribution in [-0.2, 0) is 0 Å². The molecule has 0 aliphatic rings. The molecule has 0 radical (unpaired) electrons. The summed E-state index contributed by atoms with van der Waals surface area (Å²) in [6.45, 7) is 9.55. The number of nitrogens with one attached hydrogen (secondary N) is 2. The van der Waals surface area contributed by atoms with Gasteiger partial charge in [0.05, 0.1) is 4.92 Å². The predicted octanol–water partition coefficient (Wildman–Crippen LogP) is 2.52. The molecule has 2 N–H and O–H groups in total. The molecule has 1 rings (SSSR count). The van der Waals surface area contributed by atoms with Gasteiger partial charge in [0.25, 0.3) is 0 Å². The molecule has 0 aliphatic carbocycles. The van der Waals surface area contributed by atoms with Gasteiger partial charge >= 0.3 is 5.69 Å². The number of hydrogen-bond acceptors (Lipinski definition) is 6. The average Bonchev–Trinajstić information content (AvgIpc) is 2.36. The minimum Gasteiger partial charge on any atom is -0.364 e. The highest BCUT2D eigenvalue weighted by Crippen LogP contribution is 2.22. The number of nitro groups is 1. The summed E-state index contributed by atoms with van der Waals surface area (Å²) in [5, 5.41) is 16.9. The molecule has 1 unspecified atom stereocenters. The second-order valence-electron chi connectivity index (χ2n) is 4.82. The molecule has 0 bridgehead atoms. The van der Waals surface area contributed by atoms with E-state index in [0.717, 1.165) is 0 Å². The van der Waals surface area contributed by atoms with E-state index in [-0.39, 0.29) is 11.5 Å². The van der Waals surface area contributed by atoms with Crippen LogP contribution in [0.3, 0.4) is 0 Å². The van der Waals surface area contributed by atoms with Crippen molar-refractivity contribution in [1.82, 2.24) is 9.97 Å². The average molecular weight is 267 g/mol. The second kappa shape index (κ2) is 6.86. The summed E-state index contributed by atoms with van der Waals surface area (Å²) in [7, 11) is 0.